The predicted molar refractivity (Wildman–Crippen MR) is 86.3 cm³/mol. The first-order valence-corrected chi connectivity index (χ1v) is 8.29. The number of aliphatic imine (C=N–C) groups is 1. The van der Waals surface area contributed by atoms with E-state index < -0.39 is 0 Å². The van der Waals surface area contributed by atoms with Crippen molar-refractivity contribution in [1.82, 2.24) is 15.6 Å². The van der Waals surface area contributed by atoms with Crippen LogP contribution in [-0.4, -0.2) is 23.5 Å². The highest BCUT2D eigenvalue weighted by Crippen LogP contribution is 2.44. The maximum Gasteiger partial charge on any atom is 0.191 e. The minimum Gasteiger partial charge on any atom is -0.357 e. The first-order valence-electron chi connectivity index (χ1n) is 7.41. The third-order valence-electron chi connectivity index (χ3n) is 3.70. The molecule has 20 heavy (non-hydrogen) atoms. The number of guanidine groups is 1. The van der Waals surface area contributed by atoms with E-state index in [0.29, 0.717) is 23.9 Å². The maximum atomic E-state index is 4.64. The molecule has 2 rings (SSSR count). The fourth-order valence-corrected chi connectivity index (χ4v) is 2.89. The average Bonchev–Trinajstić information content (AvgIpc) is 2.79. The predicted octanol–water partition coefficient (Wildman–Crippen LogP) is 3.12. The van der Waals surface area contributed by atoms with E-state index in [2.05, 4.69) is 60.6 Å². The molecular formula is C15H26N4S. The van der Waals surface area contributed by atoms with Gasteiger partial charge in [-0.1, -0.05) is 27.7 Å². The molecule has 1 saturated carbocycles. The molecule has 1 aliphatic rings. The van der Waals surface area contributed by atoms with Crippen molar-refractivity contribution in [3.63, 3.8) is 0 Å². The molecule has 0 amide bonds. The largest absolute Gasteiger partial charge is 0.357 e. The van der Waals surface area contributed by atoms with E-state index in [1.54, 1.807) is 11.3 Å². The molecule has 1 heterocycles. The van der Waals surface area contributed by atoms with Crippen molar-refractivity contribution in [3.05, 3.63) is 16.1 Å². The molecule has 4 nitrogen and oxygen atoms in total. The van der Waals surface area contributed by atoms with Crippen LogP contribution in [0.5, 0.6) is 0 Å². The van der Waals surface area contributed by atoms with Gasteiger partial charge in [0.1, 0.15) is 5.01 Å². The summed E-state index contributed by atoms with van der Waals surface area (Å²) >= 11 is 1.70. The summed E-state index contributed by atoms with van der Waals surface area (Å²) in [5.74, 6) is 1.40. The summed E-state index contributed by atoms with van der Waals surface area (Å²) in [6, 6.07) is 0.544. The second-order valence-electron chi connectivity index (χ2n) is 6.41. The van der Waals surface area contributed by atoms with E-state index in [0.717, 1.165) is 17.5 Å². The van der Waals surface area contributed by atoms with Crippen LogP contribution in [0.4, 0.5) is 0 Å². The number of aromatic nitrogens is 1. The molecule has 1 fully saturated rings. The van der Waals surface area contributed by atoms with Crippen molar-refractivity contribution >= 4 is 17.3 Å². The molecule has 112 valence electrons. The molecule has 0 spiro atoms. The lowest BCUT2D eigenvalue weighted by Gasteiger charge is -2.12. The van der Waals surface area contributed by atoms with Gasteiger partial charge in [0, 0.05) is 18.0 Å². The summed E-state index contributed by atoms with van der Waals surface area (Å²) in [6.07, 6.45) is 1.21. The van der Waals surface area contributed by atoms with E-state index in [4.69, 9.17) is 0 Å². The van der Waals surface area contributed by atoms with E-state index in [-0.39, 0.29) is 0 Å². The Morgan fingerprint density at radius 1 is 1.55 bits per heavy atom. The van der Waals surface area contributed by atoms with Gasteiger partial charge in [-0.05, 0) is 24.7 Å². The van der Waals surface area contributed by atoms with Gasteiger partial charge in [0.15, 0.2) is 5.96 Å². The summed E-state index contributed by atoms with van der Waals surface area (Å²) in [7, 11) is 0. The summed E-state index contributed by atoms with van der Waals surface area (Å²) in [5.41, 5.74) is 1.57. The normalized spacial score (nSPS) is 21.1. The van der Waals surface area contributed by atoms with Crippen LogP contribution in [-0.2, 0) is 6.54 Å². The highest BCUT2D eigenvalue weighted by molar-refractivity contribution is 7.09. The topological polar surface area (TPSA) is 49.3 Å². The molecule has 0 bridgehead atoms. The summed E-state index contributed by atoms with van der Waals surface area (Å²) in [4.78, 5) is 9.27. The van der Waals surface area contributed by atoms with Crippen LogP contribution in [0, 0.1) is 5.41 Å². The summed E-state index contributed by atoms with van der Waals surface area (Å²) in [5, 5.41) is 10.0. The van der Waals surface area contributed by atoms with Crippen LogP contribution >= 0.6 is 11.3 Å². The van der Waals surface area contributed by atoms with Gasteiger partial charge >= 0.3 is 0 Å². The number of nitrogens with one attached hydrogen (secondary N) is 2. The molecule has 5 heteroatoms. The Kier molecular flexibility index (Phi) is 4.68. The van der Waals surface area contributed by atoms with Crippen molar-refractivity contribution in [2.24, 2.45) is 10.4 Å². The number of thiazole rings is 1. The van der Waals surface area contributed by atoms with Crippen LogP contribution in [0.15, 0.2) is 10.4 Å². The van der Waals surface area contributed by atoms with E-state index in [9.17, 15) is 0 Å². The van der Waals surface area contributed by atoms with E-state index in [1.165, 1.54) is 12.1 Å². The van der Waals surface area contributed by atoms with Crippen LogP contribution in [0.25, 0.3) is 0 Å². The molecule has 0 aliphatic heterocycles. The molecule has 1 aromatic heterocycles. The number of hydrogen-bond acceptors (Lipinski definition) is 3. The van der Waals surface area contributed by atoms with Crippen molar-refractivity contribution in [1.29, 1.82) is 0 Å². The molecule has 1 aromatic rings. The Morgan fingerprint density at radius 3 is 2.75 bits per heavy atom. The molecular weight excluding hydrogens is 268 g/mol. The molecule has 1 unspecified atom stereocenters. The van der Waals surface area contributed by atoms with Gasteiger partial charge in [0.2, 0.25) is 0 Å². The first kappa shape index (κ1) is 15.3. The van der Waals surface area contributed by atoms with E-state index >= 15 is 0 Å². The standard InChI is InChI=1S/C15H26N4S/c1-6-16-14(19-12-7-15(12,4)5)17-8-13-18-11(9-20-13)10(2)3/h9-10,12H,6-8H2,1-5H3,(H2,16,17,19). The van der Waals surface area contributed by atoms with Gasteiger partial charge < -0.3 is 10.6 Å². The monoisotopic (exact) mass is 294 g/mol. The Bertz CT molecular complexity index is 476. The Balaban J connectivity index is 1.94. The number of rotatable bonds is 5. The lowest BCUT2D eigenvalue weighted by atomic mass is 10.2. The third kappa shape index (κ3) is 3.95. The molecule has 1 aliphatic carbocycles. The average molecular weight is 294 g/mol. The molecule has 0 saturated heterocycles. The highest BCUT2D eigenvalue weighted by Gasteiger charge is 2.46. The zero-order valence-corrected chi connectivity index (χ0v) is 14.0. The van der Waals surface area contributed by atoms with Crippen molar-refractivity contribution < 1.29 is 0 Å². The minimum atomic E-state index is 0.405. The van der Waals surface area contributed by atoms with E-state index in [1.807, 2.05) is 0 Å². The lowest BCUT2D eigenvalue weighted by Crippen LogP contribution is -2.39. The molecule has 0 radical (unpaired) electrons. The minimum absolute atomic E-state index is 0.405. The molecule has 2 N–H and O–H groups in total. The van der Waals surface area contributed by atoms with Gasteiger partial charge in [0.05, 0.1) is 12.2 Å². The Morgan fingerprint density at radius 2 is 2.25 bits per heavy atom. The first-order chi connectivity index (χ1) is 9.42. The van der Waals surface area contributed by atoms with Gasteiger partial charge in [-0.2, -0.15) is 0 Å². The fourth-order valence-electron chi connectivity index (χ4n) is 2.01. The van der Waals surface area contributed by atoms with Crippen LogP contribution in [0.2, 0.25) is 0 Å². The SMILES string of the molecule is CCNC(=NCc1nc(C(C)C)cs1)NC1CC1(C)C. The molecule has 0 aromatic carbocycles. The van der Waals surface area contributed by atoms with Crippen LogP contribution in [0.1, 0.15) is 57.7 Å². The number of hydrogen-bond donors (Lipinski definition) is 2. The highest BCUT2D eigenvalue weighted by atomic mass is 32.1. The Hall–Kier alpha value is -1.10. The Labute approximate surface area is 126 Å². The second-order valence-corrected chi connectivity index (χ2v) is 7.35. The quantitative estimate of drug-likeness (QED) is 0.648. The fraction of sp³-hybridized carbons (Fsp3) is 0.733. The van der Waals surface area contributed by atoms with Gasteiger partial charge in [-0.25, -0.2) is 9.98 Å². The number of nitrogens with zero attached hydrogens (tertiary/aromatic N) is 2. The van der Waals surface area contributed by atoms with Gasteiger partial charge in [-0.3, -0.25) is 0 Å². The third-order valence-corrected chi connectivity index (χ3v) is 4.55. The second kappa shape index (κ2) is 6.12. The zero-order valence-electron chi connectivity index (χ0n) is 13.2. The smallest absolute Gasteiger partial charge is 0.191 e. The van der Waals surface area contributed by atoms with Gasteiger partial charge in [-0.15, -0.1) is 11.3 Å². The lowest BCUT2D eigenvalue weighted by molar-refractivity contribution is 0.589. The van der Waals surface area contributed by atoms with Gasteiger partial charge in [0.25, 0.3) is 0 Å². The van der Waals surface area contributed by atoms with Crippen LogP contribution < -0.4 is 10.6 Å². The maximum absolute atomic E-state index is 4.64. The van der Waals surface area contributed by atoms with Crippen molar-refractivity contribution in [2.45, 2.75) is 59.5 Å². The van der Waals surface area contributed by atoms with Crippen molar-refractivity contribution in [2.75, 3.05) is 6.54 Å². The molecule has 1 atom stereocenters. The summed E-state index contributed by atoms with van der Waals surface area (Å²) in [6.45, 7) is 12.5. The summed E-state index contributed by atoms with van der Waals surface area (Å²) < 4.78 is 0. The van der Waals surface area contributed by atoms with Crippen LogP contribution in [0.3, 0.4) is 0 Å². The van der Waals surface area contributed by atoms with Crippen molar-refractivity contribution in [3.8, 4) is 0 Å². The zero-order chi connectivity index (χ0) is 14.8.